The van der Waals surface area contributed by atoms with Gasteiger partial charge in [-0.1, -0.05) is 113 Å². The summed E-state index contributed by atoms with van der Waals surface area (Å²) < 4.78 is 32.3. The van der Waals surface area contributed by atoms with Crippen LogP contribution in [0.3, 0.4) is 0 Å². The first-order valence-corrected chi connectivity index (χ1v) is 18.7. The van der Waals surface area contributed by atoms with Crippen molar-refractivity contribution in [3.63, 3.8) is 0 Å². The van der Waals surface area contributed by atoms with Crippen molar-refractivity contribution in [2.45, 2.75) is 129 Å². The van der Waals surface area contributed by atoms with Gasteiger partial charge in [-0.15, -0.1) is 0 Å². The normalized spacial score (nSPS) is 14.9. The number of esters is 2. The van der Waals surface area contributed by atoms with Crippen molar-refractivity contribution < 1.29 is 47.8 Å². The first-order valence-electron chi connectivity index (χ1n) is 17.2. The number of hydrogen-bond donors (Lipinski definition) is 3. The minimum atomic E-state index is -4.62. The fraction of sp³-hybridized carbons (Fsp3) is 0.667. The highest BCUT2D eigenvalue weighted by Crippen LogP contribution is 2.43. The minimum Gasteiger partial charge on any atom is -0.462 e. The zero-order chi connectivity index (χ0) is 34.9. The smallest absolute Gasteiger partial charge is 0.462 e. The summed E-state index contributed by atoms with van der Waals surface area (Å²) in [6, 6.07) is 0. The van der Waals surface area contributed by atoms with Gasteiger partial charge in [0, 0.05) is 12.8 Å². The first-order chi connectivity index (χ1) is 22.7. The highest BCUT2D eigenvalue weighted by atomic mass is 31.2. The lowest BCUT2D eigenvalue weighted by Gasteiger charge is -2.20. The van der Waals surface area contributed by atoms with E-state index in [1.54, 1.807) is 0 Å². The molecule has 0 rings (SSSR count). The van der Waals surface area contributed by atoms with E-state index in [2.05, 4.69) is 67.0 Å². The molecule has 10 nitrogen and oxygen atoms in total. The van der Waals surface area contributed by atoms with E-state index in [0.717, 1.165) is 51.4 Å². The number of carbonyl (C=O) groups excluding carboxylic acids is 2. The molecule has 0 aliphatic rings. The Morgan fingerprint density at radius 1 is 0.660 bits per heavy atom. The van der Waals surface area contributed by atoms with Crippen molar-refractivity contribution in [3.8, 4) is 0 Å². The number of aliphatic hydroxyl groups excluding tert-OH is 2. The average Bonchev–Trinajstić information content (AvgIpc) is 3.05. The summed E-state index contributed by atoms with van der Waals surface area (Å²) in [7, 11) is -4.62. The first kappa shape index (κ1) is 44.7. The lowest BCUT2D eigenvalue weighted by molar-refractivity contribution is -0.161. The van der Waals surface area contributed by atoms with E-state index in [1.165, 1.54) is 19.3 Å². The van der Waals surface area contributed by atoms with E-state index in [0.29, 0.717) is 19.3 Å². The molecule has 270 valence electrons. The van der Waals surface area contributed by atoms with Crippen molar-refractivity contribution >= 4 is 19.8 Å². The number of phosphoric acid groups is 1. The van der Waals surface area contributed by atoms with Gasteiger partial charge in [0.25, 0.3) is 0 Å². The zero-order valence-electron chi connectivity index (χ0n) is 28.7. The SMILES string of the molecule is CC/C=C/C/C=C/C/C=C/C/C=C/C/C=C/CCCC(=O)O[C@H](COC(=O)CCCCCCCCC)COP(=O)(O)OC[C@@H](O)CO. The molecule has 3 N–H and O–H groups in total. The van der Waals surface area contributed by atoms with Crippen LogP contribution in [0.5, 0.6) is 0 Å². The van der Waals surface area contributed by atoms with Crippen LogP contribution in [0.1, 0.15) is 117 Å². The molecule has 0 amide bonds. The molecule has 0 heterocycles. The molecule has 0 saturated carbocycles. The predicted molar refractivity (Wildman–Crippen MR) is 187 cm³/mol. The molecular formula is C36H61O10P. The van der Waals surface area contributed by atoms with Gasteiger partial charge in [-0.3, -0.25) is 18.6 Å². The zero-order valence-corrected chi connectivity index (χ0v) is 29.6. The molecule has 0 fully saturated rings. The van der Waals surface area contributed by atoms with Crippen molar-refractivity contribution in [3.05, 3.63) is 60.8 Å². The van der Waals surface area contributed by atoms with Gasteiger partial charge in [0.15, 0.2) is 6.10 Å². The van der Waals surface area contributed by atoms with E-state index < -0.39 is 51.8 Å². The molecule has 0 aliphatic heterocycles. The number of ether oxygens (including phenoxy) is 2. The van der Waals surface area contributed by atoms with Crippen LogP contribution in [-0.4, -0.2) is 65.7 Å². The van der Waals surface area contributed by atoms with Crippen molar-refractivity contribution in [1.82, 2.24) is 0 Å². The van der Waals surface area contributed by atoms with Crippen molar-refractivity contribution in [2.24, 2.45) is 0 Å². The van der Waals surface area contributed by atoms with E-state index in [-0.39, 0.29) is 19.4 Å². The Bertz CT molecular complexity index is 973. The van der Waals surface area contributed by atoms with E-state index in [1.807, 2.05) is 12.2 Å². The summed E-state index contributed by atoms with van der Waals surface area (Å²) in [6.45, 7) is 2.10. The number of hydrogen-bond acceptors (Lipinski definition) is 9. The fourth-order valence-corrected chi connectivity index (χ4v) is 4.82. The fourth-order valence-electron chi connectivity index (χ4n) is 4.03. The third-order valence-corrected chi connectivity index (χ3v) is 7.64. The van der Waals surface area contributed by atoms with Gasteiger partial charge in [-0.05, 0) is 51.4 Å². The van der Waals surface area contributed by atoms with Crippen LogP contribution in [0.15, 0.2) is 60.8 Å². The van der Waals surface area contributed by atoms with Crippen LogP contribution in [0.25, 0.3) is 0 Å². The molecule has 0 spiro atoms. The van der Waals surface area contributed by atoms with Gasteiger partial charge in [-0.25, -0.2) is 4.57 Å². The van der Waals surface area contributed by atoms with Crippen LogP contribution in [0.2, 0.25) is 0 Å². The highest BCUT2D eigenvalue weighted by molar-refractivity contribution is 7.47. The molecule has 0 aliphatic carbocycles. The maximum atomic E-state index is 12.5. The molecule has 0 aromatic rings. The summed E-state index contributed by atoms with van der Waals surface area (Å²) in [5.74, 6) is -1.01. The average molecular weight is 685 g/mol. The topological polar surface area (TPSA) is 149 Å². The van der Waals surface area contributed by atoms with Gasteiger partial charge >= 0.3 is 19.8 Å². The quantitative estimate of drug-likeness (QED) is 0.0284. The Kier molecular flexibility index (Phi) is 30.6. The molecule has 11 heteroatoms. The summed E-state index contributed by atoms with van der Waals surface area (Å²) in [5, 5.41) is 18.2. The lowest BCUT2D eigenvalue weighted by Crippen LogP contribution is -2.29. The summed E-state index contributed by atoms with van der Waals surface area (Å²) >= 11 is 0. The van der Waals surface area contributed by atoms with Gasteiger partial charge in [0.05, 0.1) is 19.8 Å². The number of unbranched alkanes of at least 4 members (excludes halogenated alkanes) is 7. The molecule has 0 saturated heterocycles. The summed E-state index contributed by atoms with van der Waals surface area (Å²) in [6.07, 6.45) is 32.3. The van der Waals surface area contributed by atoms with E-state index in [9.17, 15) is 24.2 Å². The van der Waals surface area contributed by atoms with E-state index in [4.69, 9.17) is 19.1 Å². The molecule has 3 atom stereocenters. The van der Waals surface area contributed by atoms with Gasteiger partial charge in [0.2, 0.25) is 0 Å². The second-order valence-corrected chi connectivity index (χ2v) is 12.6. The van der Waals surface area contributed by atoms with Crippen LogP contribution in [0.4, 0.5) is 0 Å². The van der Waals surface area contributed by atoms with Crippen LogP contribution in [-0.2, 0) is 32.7 Å². The molecule has 47 heavy (non-hydrogen) atoms. The van der Waals surface area contributed by atoms with Crippen LogP contribution in [0, 0.1) is 0 Å². The van der Waals surface area contributed by atoms with Gasteiger partial charge < -0.3 is 24.6 Å². The number of phosphoric ester groups is 1. The Morgan fingerprint density at radius 3 is 1.74 bits per heavy atom. The highest BCUT2D eigenvalue weighted by Gasteiger charge is 2.27. The summed E-state index contributed by atoms with van der Waals surface area (Å²) in [4.78, 5) is 34.5. The minimum absolute atomic E-state index is 0.104. The molecule has 0 radical (unpaired) electrons. The number of allylic oxidation sites excluding steroid dienone is 10. The maximum absolute atomic E-state index is 12.5. The lowest BCUT2D eigenvalue weighted by atomic mass is 10.1. The van der Waals surface area contributed by atoms with Crippen molar-refractivity contribution in [1.29, 1.82) is 0 Å². The number of rotatable bonds is 31. The van der Waals surface area contributed by atoms with E-state index >= 15 is 0 Å². The maximum Gasteiger partial charge on any atom is 0.472 e. The second kappa shape index (κ2) is 32.2. The Morgan fingerprint density at radius 2 is 1.17 bits per heavy atom. The monoisotopic (exact) mass is 684 g/mol. The second-order valence-electron chi connectivity index (χ2n) is 11.2. The Labute approximate surface area is 283 Å². The molecule has 1 unspecified atom stereocenters. The largest absolute Gasteiger partial charge is 0.472 e. The number of carbonyl (C=O) groups is 2. The standard InChI is InChI=1S/C36H61O10P/c1-3-5-7-9-11-12-13-14-15-16-17-18-19-20-22-24-26-28-36(40)46-34(32-45-47(41,42)44-30-33(38)29-37)31-43-35(39)27-25-23-21-10-8-6-4-2/h5,7,11-12,14-15,17-18,20,22,33-34,37-38H,3-4,6,8-10,13,16,19,21,23-32H2,1-2H3,(H,41,42)/b7-5+,12-11+,15-14+,18-17+,22-20+/t33-,34+/m0/s1. The van der Waals surface area contributed by atoms with Crippen LogP contribution < -0.4 is 0 Å². The van der Waals surface area contributed by atoms with Crippen LogP contribution >= 0.6 is 7.82 Å². The molecule has 0 aromatic carbocycles. The van der Waals surface area contributed by atoms with Crippen molar-refractivity contribution in [2.75, 3.05) is 26.4 Å². The number of aliphatic hydroxyl groups is 2. The third kappa shape index (κ3) is 32.0. The van der Waals surface area contributed by atoms with Gasteiger partial charge in [-0.2, -0.15) is 0 Å². The molecule has 0 aromatic heterocycles. The molecular weight excluding hydrogens is 623 g/mol. The Hall–Kier alpha value is -2.33. The Balaban J connectivity index is 4.51. The molecule has 0 bridgehead atoms. The van der Waals surface area contributed by atoms with Gasteiger partial charge in [0.1, 0.15) is 12.7 Å². The third-order valence-electron chi connectivity index (χ3n) is 6.69. The predicted octanol–water partition coefficient (Wildman–Crippen LogP) is 7.99. The summed E-state index contributed by atoms with van der Waals surface area (Å²) in [5.41, 5.74) is 0.